The molecule has 0 saturated carbocycles. The first kappa shape index (κ1) is 10.5. The van der Waals surface area contributed by atoms with Crippen molar-refractivity contribution in [2.24, 2.45) is 0 Å². The zero-order valence-corrected chi connectivity index (χ0v) is 9.17. The van der Waals surface area contributed by atoms with Gasteiger partial charge in [-0.25, -0.2) is 0 Å². The predicted octanol–water partition coefficient (Wildman–Crippen LogP) is 2.98. The quantitative estimate of drug-likeness (QED) is 0.738. The van der Waals surface area contributed by atoms with Gasteiger partial charge in [0.1, 0.15) is 6.10 Å². The molecule has 0 spiro atoms. The van der Waals surface area contributed by atoms with Gasteiger partial charge in [0.05, 0.1) is 0 Å². The van der Waals surface area contributed by atoms with Crippen LogP contribution in [0, 0.1) is 0 Å². The molecule has 0 unspecified atom stereocenters. The highest BCUT2D eigenvalue weighted by atomic mass is 35.5. The predicted molar refractivity (Wildman–Crippen MR) is 58.9 cm³/mol. The minimum Gasteiger partial charge on any atom is -0.462 e. The van der Waals surface area contributed by atoms with E-state index in [4.69, 9.17) is 16.3 Å². The fraction of sp³-hybridized carbons (Fsp3) is 0.417. The maximum absolute atomic E-state index is 10.9. The summed E-state index contributed by atoms with van der Waals surface area (Å²) in [4.78, 5) is 10.9. The number of halogens is 1. The smallest absolute Gasteiger partial charge is 0.306 e. The fourth-order valence-electron chi connectivity index (χ4n) is 1.76. The first-order valence-electron chi connectivity index (χ1n) is 5.18. The summed E-state index contributed by atoms with van der Waals surface area (Å²) in [7, 11) is 0. The van der Waals surface area contributed by atoms with Gasteiger partial charge in [0.2, 0.25) is 0 Å². The van der Waals surface area contributed by atoms with Gasteiger partial charge < -0.3 is 4.74 Å². The number of aryl methyl sites for hydroxylation is 1. The molecule has 1 atom stereocenters. The molecule has 1 saturated heterocycles. The van der Waals surface area contributed by atoms with Crippen molar-refractivity contribution in [1.82, 2.24) is 0 Å². The highest BCUT2D eigenvalue weighted by Crippen LogP contribution is 2.19. The lowest BCUT2D eigenvalue weighted by Crippen LogP contribution is -2.07. The third-order valence-electron chi connectivity index (χ3n) is 2.64. The molecular weight excluding hydrogens is 212 g/mol. The van der Waals surface area contributed by atoms with Crippen LogP contribution in [0.3, 0.4) is 0 Å². The molecule has 80 valence electrons. The molecule has 1 aliphatic heterocycles. The van der Waals surface area contributed by atoms with Crippen molar-refractivity contribution in [3.8, 4) is 0 Å². The van der Waals surface area contributed by atoms with Gasteiger partial charge in [-0.15, -0.1) is 0 Å². The number of benzene rings is 1. The molecule has 1 aliphatic rings. The van der Waals surface area contributed by atoms with Crippen molar-refractivity contribution in [2.45, 2.75) is 31.8 Å². The van der Waals surface area contributed by atoms with E-state index in [1.807, 2.05) is 24.3 Å². The van der Waals surface area contributed by atoms with Crippen LogP contribution in [0.15, 0.2) is 24.3 Å². The normalized spacial score (nSPS) is 20.3. The molecule has 3 heteroatoms. The molecule has 2 nitrogen and oxygen atoms in total. The molecule has 1 aromatic rings. The van der Waals surface area contributed by atoms with Gasteiger partial charge >= 0.3 is 5.97 Å². The Balaban J connectivity index is 1.83. The molecule has 0 aliphatic carbocycles. The third kappa shape index (κ3) is 2.96. The van der Waals surface area contributed by atoms with E-state index in [1.165, 1.54) is 5.56 Å². The minimum atomic E-state index is -0.0592. The highest BCUT2D eigenvalue weighted by Gasteiger charge is 2.22. The van der Waals surface area contributed by atoms with Crippen molar-refractivity contribution in [2.75, 3.05) is 0 Å². The van der Waals surface area contributed by atoms with Crippen LogP contribution in [0.25, 0.3) is 0 Å². The van der Waals surface area contributed by atoms with E-state index in [1.54, 1.807) is 0 Å². The van der Waals surface area contributed by atoms with E-state index in [0.717, 1.165) is 24.3 Å². The monoisotopic (exact) mass is 224 g/mol. The lowest BCUT2D eigenvalue weighted by atomic mass is 10.1. The summed E-state index contributed by atoms with van der Waals surface area (Å²) >= 11 is 5.79. The fourth-order valence-corrected chi connectivity index (χ4v) is 1.89. The van der Waals surface area contributed by atoms with E-state index in [2.05, 4.69) is 0 Å². The summed E-state index contributed by atoms with van der Waals surface area (Å²) in [5.41, 5.74) is 1.24. The van der Waals surface area contributed by atoms with Gasteiger partial charge in [0.15, 0.2) is 0 Å². The number of carbonyl (C=O) groups excluding carboxylic acids is 1. The molecule has 1 heterocycles. The molecule has 0 aromatic heterocycles. The standard InChI is InChI=1S/C12H13ClO2/c13-10-4-1-9(2-5-10)3-6-11-7-8-12(14)15-11/h1-2,4-5,11H,3,6-8H2/t11-/m0/s1. The van der Waals surface area contributed by atoms with Crippen LogP contribution in [-0.2, 0) is 16.0 Å². The number of ether oxygens (including phenoxy) is 1. The Hall–Kier alpha value is -1.02. The van der Waals surface area contributed by atoms with Crippen molar-refractivity contribution in [3.63, 3.8) is 0 Å². The number of rotatable bonds is 3. The van der Waals surface area contributed by atoms with Gasteiger partial charge in [-0.2, -0.15) is 0 Å². The molecule has 0 radical (unpaired) electrons. The Morgan fingerprint density at radius 1 is 1.33 bits per heavy atom. The second-order valence-electron chi connectivity index (χ2n) is 3.82. The Kier molecular flexibility index (Phi) is 3.27. The summed E-state index contributed by atoms with van der Waals surface area (Å²) in [6.45, 7) is 0. The van der Waals surface area contributed by atoms with E-state index < -0.39 is 0 Å². The van der Waals surface area contributed by atoms with Crippen LogP contribution >= 0.6 is 11.6 Å². The van der Waals surface area contributed by atoms with Crippen molar-refractivity contribution < 1.29 is 9.53 Å². The Bertz CT molecular complexity index is 345. The lowest BCUT2D eigenvalue weighted by Gasteiger charge is -2.08. The van der Waals surface area contributed by atoms with Crippen molar-refractivity contribution in [3.05, 3.63) is 34.9 Å². The summed E-state index contributed by atoms with van der Waals surface area (Å²) in [6.07, 6.45) is 3.41. The van der Waals surface area contributed by atoms with Crippen LogP contribution in [-0.4, -0.2) is 12.1 Å². The summed E-state index contributed by atoms with van der Waals surface area (Å²) in [5, 5.41) is 0.756. The van der Waals surface area contributed by atoms with Gasteiger partial charge in [0, 0.05) is 11.4 Å². The van der Waals surface area contributed by atoms with Crippen molar-refractivity contribution >= 4 is 17.6 Å². The molecule has 1 aromatic carbocycles. The molecule has 2 rings (SSSR count). The molecule has 0 N–H and O–H groups in total. The zero-order chi connectivity index (χ0) is 10.7. The number of esters is 1. The molecule has 0 amide bonds. The molecule has 0 bridgehead atoms. The summed E-state index contributed by atoms with van der Waals surface area (Å²) in [5.74, 6) is -0.0592. The maximum Gasteiger partial charge on any atom is 0.306 e. The zero-order valence-electron chi connectivity index (χ0n) is 8.41. The average molecular weight is 225 g/mol. The van der Waals surface area contributed by atoms with Crippen LogP contribution in [0.4, 0.5) is 0 Å². The number of cyclic esters (lactones) is 1. The van der Waals surface area contributed by atoms with Crippen LogP contribution in [0.1, 0.15) is 24.8 Å². The average Bonchev–Trinajstić information content (AvgIpc) is 2.64. The maximum atomic E-state index is 10.9. The Labute approximate surface area is 94.2 Å². The number of hydrogen-bond acceptors (Lipinski definition) is 2. The second kappa shape index (κ2) is 4.67. The number of hydrogen-bond donors (Lipinski definition) is 0. The Morgan fingerprint density at radius 3 is 2.67 bits per heavy atom. The first-order chi connectivity index (χ1) is 7.24. The SMILES string of the molecule is O=C1CC[C@H](CCc2ccc(Cl)cc2)O1. The second-order valence-corrected chi connectivity index (χ2v) is 4.25. The van der Waals surface area contributed by atoms with Gasteiger partial charge in [0.25, 0.3) is 0 Å². The summed E-state index contributed by atoms with van der Waals surface area (Å²) in [6, 6.07) is 7.80. The highest BCUT2D eigenvalue weighted by molar-refractivity contribution is 6.30. The van der Waals surface area contributed by atoms with Crippen LogP contribution < -0.4 is 0 Å². The van der Waals surface area contributed by atoms with Gasteiger partial charge in [-0.3, -0.25) is 4.79 Å². The van der Waals surface area contributed by atoms with E-state index in [9.17, 15) is 4.79 Å². The van der Waals surface area contributed by atoms with Crippen LogP contribution in [0.5, 0.6) is 0 Å². The molecular formula is C12H13ClO2. The molecule has 15 heavy (non-hydrogen) atoms. The summed E-state index contributed by atoms with van der Waals surface area (Å²) < 4.78 is 5.14. The largest absolute Gasteiger partial charge is 0.462 e. The van der Waals surface area contributed by atoms with Gasteiger partial charge in [-0.1, -0.05) is 23.7 Å². The van der Waals surface area contributed by atoms with E-state index in [-0.39, 0.29) is 12.1 Å². The Morgan fingerprint density at radius 2 is 2.07 bits per heavy atom. The third-order valence-corrected chi connectivity index (χ3v) is 2.89. The molecule has 1 fully saturated rings. The van der Waals surface area contributed by atoms with Gasteiger partial charge in [-0.05, 0) is 37.0 Å². The van der Waals surface area contributed by atoms with Crippen LogP contribution in [0.2, 0.25) is 5.02 Å². The number of carbonyl (C=O) groups is 1. The first-order valence-corrected chi connectivity index (χ1v) is 5.56. The van der Waals surface area contributed by atoms with E-state index >= 15 is 0 Å². The lowest BCUT2D eigenvalue weighted by molar-refractivity contribution is -0.141. The topological polar surface area (TPSA) is 26.3 Å². The minimum absolute atomic E-state index is 0.0592. The van der Waals surface area contributed by atoms with Crippen molar-refractivity contribution in [1.29, 1.82) is 0 Å². The van der Waals surface area contributed by atoms with E-state index in [0.29, 0.717) is 6.42 Å².